The summed E-state index contributed by atoms with van der Waals surface area (Å²) in [4.78, 5) is 11.6. The largest absolute Gasteiger partial charge is 0.405 e. The van der Waals surface area contributed by atoms with Crippen molar-refractivity contribution in [3.8, 4) is 0 Å². The normalized spacial score (nSPS) is 11.8. The molecule has 0 fully saturated rings. The number of benzene rings is 2. The minimum absolute atomic E-state index is 0.0121. The van der Waals surface area contributed by atoms with Crippen LogP contribution in [0.2, 0.25) is 0 Å². The third-order valence-electron chi connectivity index (χ3n) is 2.90. The number of amides is 1. The first-order valence-electron chi connectivity index (χ1n) is 6.70. The van der Waals surface area contributed by atoms with Gasteiger partial charge in [0.25, 0.3) is 15.9 Å². The average Bonchev–Trinajstić information content (AvgIpc) is 2.53. The second kappa shape index (κ2) is 6.91. The van der Waals surface area contributed by atoms with Crippen molar-refractivity contribution >= 4 is 21.6 Å². The summed E-state index contributed by atoms with van der Waals surface area (Å²) >= 11 is 0. The molecular formula is C15H13F3N2O3S. The summed E-state index contributed by atoms with van der Waals surface area (Å²) in [6, 6.07) is 12.7. The van der Waals surface area contributed by atoms with Crippen molar-refractivity contribution in [2.24, 2.45) is 0 Å². The van der Waals surface area contributed by atoms with Crippen LogP contribution in [0.4, 0.5) is 18.9 Å². The lowest BCUT2D eigenvalue weighted by molar-refractivity contribution is -0.123. The number of hydrogen-bond donors (Lipinski definition) is 2. The highest BCUT2D eigenvalue weighted by atomic mass is 32.2. The zero-order valence-electron chi connectivity index (χ0n) is 12.2. The van der Waals surface area contributed by atoms with Crippen LogP contribution in [0.3, 0.4) is 0 Å². The van der Waals surface area contributed by atoms with Gasteiger partial charge in [-0.2, -0.15) is 13.2 Å². The number of hydrogen-bond acceptors (Lipinski definition) is 3. The average molecular weight is 358 g/mol. The fraction of sp³-hybridized carbons (Fsp3) is 0.133. The van der Waals surface area contributed by atoms with E-state index >= 15 is 0 Å². The molecule has 0 unspecified atom stereocenters. The molecule has 0 bridgehead atoms. The van der Waals surface area contributed by atoms with Crippen LogP contribution in [0, 0.1) is 0 Å². The van der Waals surface area contributed by atoms with Crippen molar-refractivity contribution in [2.75, 3.05) is 11.3 Å². The quantitative estimate of drug-likeness (QED) is 0.863. The number of sulfonamides is 1. The molecule has 2 aromatic carbocycles. The first-order valence-corrected chi connectivity index (χ1v) is 8.18. The lowest BCUT2D eigenvalue weighted by atomic mass is 10.2. The van der Waals surface area contributed by atoms with Crippen LogP contribution in [0.25, 0.3) is 0 Å². The van der Waals surface area contributed by atoms with Crippen molar-refractivity contribution in [1.82, 2.24) is 5.32 Å². The molecule has 0 aliphatic rings. The molecule has 9 heteroatoms. The van der Waals surface area contributed by atoms with Gasteiger partial charge in [0.1, 0.15) is 6.54 Å². The number of alkyl halides is 3. The Morgan fingerprint density at radius 1 is 0.958 bits per heavy atom. The molecule has 24 heavy (non-hydrogen) atoms. The van der Waals surface area contributed by atoms with E-state index in [4.69, 9.17) is 0 Å². The number of nitrogens with one attached hydrogen (secondary N) is 2. The van der Waals surface area contributed by atoms with Gasteiger partial charge in [-0.05, 0) is 36.4 Å². The fourth-order valence-electron chi connectivity index (χ4n) is 1.79. The van der Waals surface area contributed by atoms with E-state index in [-0.39, 0.29) is 16.1 Å². The molecule has 0 aromatic heterocycles. The van der Waals surface area contributed by atoms with Crippen molar-refractivity contribution < 1.29 is 26.4 Å². The summed E-state index contributed by atoms with van der Waals surface area (Å²) in [7, 11) is -3.78. The second-order valence-corrected chi connectivity index (χ2v) is 6.48. The summed E-state index contributed by atoms with van der Waals surface area (Å²) in [5.74, 6) is -0.898. The number of rotatable bonds is 5. The monoisotopic (exact) mass is 358 g/mol. The number of carbonyl (C=O) groups excluding carboxylic acids is 1. The van der Waals surface area contributed by atoms with Crippen LogP contribution in [0.1, 0.15) is 10.4 Å². The molecule has 0 heterocycles. The molecular weight excluding hydrogens is 345 g/mol. The predicted octanol–water partition coefficient (Wildman–Crippen LogP) is 2.78. The Hall–Kier alpha value is -2.55. The van der Waals surface area contributed by atoms with Crippen LogP contribution in [0.15, 0.2) is 59.5 Å². The fourth-order valence-corrected chi connectivity index (χ4v) is 2.87. The van der Waals surface area contributed by atoms with Crippen molar-refractivity contribution in [2.45, 2.75) is 11.1 Å². The van der Waals surface area contributed by atoms with Gasteiger partial charge >= 0.3 is 6.18 Å². The lowest BCUT2D eigenvalue weighted by Gasteiger charge is -2.10. The lowest BCUT2D eigenvalue weighted by Crippen LogP contribution is -2.33. The van der Waals surface area contributed by atoms with E-state index in [9.17, 15) is 26.4 Å². The summed E-state index contributed by atoms with van der Waals surface area (Å²) < 4.78 is 62.7. The van der Waals surface area contributed by atoms with Crippen LogP contribution in [-0.2, 0) is 10.0 Å². The first-order chi connectivity index (χ1) is 11.2. The van der Waals surface area contributed by atoms with Crippen LogP contribution in [0.5, 0.6) is 0 Å². The van der Waals surface area contributed by atoms with Gasteiger partial charge in [0, 0.05) is 11.3 Å². The summed E-state index contributed by atoms with van der Waals surface area (Å²) in [6.07, 6.45) is -4.50. The van der Waals surface area contributed by atoms with E-state index in [1.54, 1.807) is 23.5 Å². The molecule has 128 valence electrons. The molecule has 2 aromatic rings. The molecule has 5 nitrogen and oxygen atoms in total. The Morgan fingerprint density at radius 2 is 1.54 bits per heavy atom. The molecule has 0 aliphatic heterocycles. The van der Waals surface area contributed by atoms with Gasteiger partial charge in [0.15, 0.2) is 0 Å². The Bertz CT molecular complexity index is 804. The van der Waals surface area contributed by atoms with E-state index < -0.39 is 28.7 Å². The van der Waals surface area contributed by atoms with Gasteiger partial charge in [0.2, 0.25) is 0 Å². The van der Waals surface area contributed by atoms with E-state index in [1.807, 2.05) is 0 Å². The summed E-state index contributed by atoms with van der Waals surface area (Å²) in [5, 5.41) is 1.73. The third kappa shape index (κ3) is 4.98. The highest BCUT2D eigenvalue weighted by molar-refractivity contribution is 7.92. The third-order valence-corrected chi connectivity index (χ3v) is 4.30. The molecule has 2 rings (SSSR count). The highest BCUT2D eigenvalue weighted by Crippen LogP contribution is 2.17. The molecule has 0 spiro atoms. The minimum Gasteiger partial charge on any atom is -0.343 e. The Morgan fingerprint density at radius 3 is 2.08 bits per heavy atom. The van der Waals surface area contributed by atoms with Crippen LogP contribution in [-0.4, -0.2) is 27.0 Å². The molecule has 2 N–H and O–H groups in total. The minimum atomic E-state index is -4.50. The SMILES string of the molecule is O=C(NCC(F)(F)F)c1ccc(NS(=O)(=O)c2ccccc2)cc1. The molecule has 0 saturated heterocycles. The molecule has 0 aliphatic carbocycles. The van der Waals surface area contributed by atoms with Crippen LogP contribution >= 0.6 is 0 Å². The van der Waals surface area contributed by atoms with Crippen molar-refractivity contribution in [3.63, 3.8) is 0 Å². The Labute approximate surface area is 136 Å². The van der Waals surface area contributed by atoms with Crippen molar-refractivity contribution in [3.05, 3.63) is 60.2 Å². The second-order valence-electron chi connectivity index (χ2n) is 4.79. The van der Waals surface area contributed by atoms with E-state index in [1.165, 1.54) is 36.4 Å². The van der Waals surface area contributed by atoms with Gasteiger partial charge in [-0.1, -0.05) is 18.2 Å². The van der Waals surface area contributed by atoms with Crippen molar-refractivity contribution in [1.29, 1.82) is 0 Å². The van der Waals surface area contributed by atoms with Gasteiger partial charge in [-0.15, -0.1) is 0 Å². The zero-order chi connectivity index (χ0) is 17.8. The number of halogens is 3. The maximum atomic E-state index is 12.1. The topological polar surface area (TPSA) is 75.3 Å². The maximum Gasteiger partial charge on any atom is 0.405 e. The van der Waals surface area contributed by atoms with E-state index in [2.05, 4.69) is 4.72 Å². The predicted molar refractivity (Wildman–Crippen MR) is 82.1 cm³/mol. The van der Waals surface area contributed by atoms with Gasteiger partial charge in [-0.3, -0.25) is 9.52 Å². The number of carbonyl (C=O) groups is 1. The highest BCUT2D eigenvalue weighted by Gasteiger charge is 2.27. The summed E-state index contributed by atoms with van der Waals surface area (Å²) in [6.45, 7) is -1.44. The molecule has 0 radical (unpaired) electrons. The first kappa shape index (κ1) is 17.8. The smallest absolute Gasteiger partial charge is 0.343 e. The Kier molecular flexibility index (Phi) is 5.13. The molecule has 0 atom stereocenters. The number of anilines is 1. The Balaban J connectivity index is 2.06. The van der Waals surface area contributed by atoms with E-state index in [0.717, 1.165) is 0 Å². The van der Waals surface area contributed by atoms with Gasteiger partial charge in [-0.25, -0.2) is 8.42 Å². The van der Waals surface area contributed by atoms with E-state index in [0.29, 0.717) is 0 Å². The summed E-state index contributed by atoms with van der Waals surface area (Å²) in [5.41, 5.74) is 0.174. The van der Waals surface area contributed by atoms with Crippen LogP contribution < -0.4 is 10.0 Å². The maximum absolute atomic E-state index is 12.1. The standard InChI is InChI=1S/C15H13F3N2O3S/c16-15(17,18)10-19-14(21)11-6-8-12(9-7-11)20-24(22,23)13-4-2-1-3-5-13/h1-9,20H,10H2,(H,19,21). The molecule has 1 amide bonds. The van der Waals surface area contributed by atoms with Gasteiger partial charge < -0.3 is 5.32 Å². The zero-order valence-corrected chi connectivity index (χ0v) is 13.0. The van der Waals surface area contributed by atoms with Gasteiger partial charge in [0.05, 0.1) is 4.90 Å². The molecule has 0 saturated carbocycles.